The smallest absolute Gasteiger partial charge is 0.329 e. The molecule has 0 rings (SSSR count). The second kappa shape index (κ2) is 5.56. The number of nitrogens with zero attached hydrogens (tertiary/aromatic N) is 1. The Hall–Kier alpha value is -0.290. The molecule has 2 N–H and O–H groups in total. The molecule has 0 aliphatic rings. The molecule has 2 atom stereocenters. The van der Waals surface area contributed by atoms with Gasteiger partial charge in [0.05, 0.1) is 6.54 Å². The molecule has 0 aromatic heterocycles. The van der Waals surface area contributed by atoms with Crippen LogP contribution in [0.5, 0.6) is 0 Å². The van der Waals surface area contributed by atoms with Crippen molar-refractivity contribution in [1.29, 1.82) is 0 Å². The lowest BCUT2D eigenvalue weighted by molar-refractivity contribution is -0.148. The third kappa shape index (κ3) is 4.81. The van der Waals surface area contributed by atoms with Crippen molar-refractivity contribution < 1.29 is 13.2 Å². The van der Waals surface area contributed by atoms with Crippen molar-refractivity contribution in [2.75, 3.05) is 20.1 Å². The molecule has 0 fully saturated rings. The van der Waals surface area contributed by atoms with Crippen LogP contribution < -0.4 is 5.73 Å². The predicted molar refractivity (Wildman–Crippen MR) is 51.0 cm³/mol. The maximum Gasteiger partial charge on any atom is 0.401 e. The lowest BCUT2D eigenvalue weighted by Gasteiger charge is -2.31. The van der Waals surface area contributed by atoms with Crippen molar-refractivity contribution in [2.24, 2.45) is 11.7 Å². The molecule has 0 amide bonds. The van der Waals surface area contributed by atoms with Crippen molar-refractivity contribution in [2.45, 2.75) is 32.5 Å². The Kier molecular flexibility index (Phi) is 5.44. The molecular formula is C9H19F3N2. The minimum atomic E-state index is -4.14. The molecule has 0 saturated carbocycles. The second-order valence-corrected chi connectivity index (χ2v) is 3.72. The number of nitrogens with two attached hydrogens (primary N) is 1. The van der Waals surface area contributed by atoms with Crippen LogP contribution in [0.15, 0.2) is 0 Å². The summed E-state index contributed by atoms with van der Waals surface area (Å²) in [7, 11) is 1.47. The van der Waals surface area contributed by atoms with Gasteiger partial charge in [0.15, 0.2) is 0 Å². The SMILES string of the molecule is CCC(C)C(CN)N(C)CC(F)(F)F. The summed E-state index contributed by atoms with van der Waals surface area (Å²) in [4.78, 5) is 1.29. The number of likely N-dealkylation sites (N-methyl/N-ethyl adjacent to an activating group) is 1. The van der Waals surface area contributed by atoms with Gasteiger partial charge in [-0.3, -0.25) is 4.90 Å². The molecular weight excluding hydrogens is 193 g/mol. The van der Waals surface area contributed by atoms with Crippen molar-refractivity contribution in [1.82, 2.24) is 4.90 Å². The van der Waals surface area contributed by atoms with Crippen LogP contribution in [0.1, 0.15) is 20.3 Å². The largest absolute Gasteiger partial charge is 0.401 e. The zero-order valence-electron chi connectivity index (χ0n) is 8.93. The Morgan fingerprint density at radius 3 is 2.14 bits per heavy atom. The molecule has 0 aliphatic heterocycles. The first-order chi connectivity index (χ1) is 6.31. The molecule has 0 heterocycles. The lowest BCUT2D eigenvalue weighted by Crippen LogP contribution is -2.46. The fourth-order valence-corrected chi connectivity index (χ4v) is 1.52. The van der Waals surface area contributed by atoms with Crippen LogP contribution in [0.2, 0.25) is 0 Å². The quantitative estimate of drug-likeness (QED) is 0.753. The van der Waals surface area contributed by atoms with E-state index in [1.807, 2.05) is 13.8 Å². The Bertz CT molecular complexity index is 159. The first-order valence-corrected chi connectivity index (χ1v) is 4.78. The molecule has 2 unspecified atom stereocenters. The van der Waals surface area contributed by atoms with Gasteiger partial charge in [-0.15, -0.1) is 0 Å². The molecule has 0 aliphatic carbocycles. The van der Waals surface area contributed by atoms with E-state index < -0.39 is 12.7 Å². The topological polar surface area (TPSA) is 29.3 Å². The van der Waals surface area contributed by atoms with Gasteiger partial charge in [-0.1, -0.05) is 20.3 Å². The number of hydrogen-bond donors (Lipinski definition) is 1. The highest BCUT2D eigenvalue weighted by Crippen LogP contribution is 2.20. The molecule has 2 nitrogen and oxygen atoms in total. The van der Waals surface area contributed by atoms with Crippen molar-refractivity contribution >= 4 is 0 Å². The van der Waals surface area contributed by atoms with Gasteiger partial charge in [0.1, 0.15) is 0 Å². The monoisotopic (exact) mass is 212 g/mol. The van der Waals surface area contributed by atoms with Crippen LogP contribution in [0.25, 0.3) is 0 Å². The van der Waals surface area contributed by atoms with E-state index >= 15 is 0 Å². The maximum absolute atomic E-state index is 12.1. The van der Waals surface area contributed by atoms with Crippen molar-refractivity contribution in [3.63, 3.8) is 0 Å². The Labute approximate surface area is 83.3 Å². The zero-order valence-corrected chi connectivity index (χ0v) is 8.93. The minimum absolute atomic E-state index is 0.187. The van der Waals surface area contributed by atoms with Crippen LogP contribution in [0, 0.1) is 5.92 Å². The molecule has 14 heavy (non-hydrogen) atoms. The van der Waals surface area contributed by atoms with E-state index in [-0.39, 0.29) is 18.5 Å². The van der Waals surface area contributed by atoms with Crippen LogP contribution in [-0.2, 0) is 0 Å². The average molecular weight is 212 g/mol. The number of halogens is 3. The average Bonchev–Trinajstić information content (AvgIpc) is 2.01. The fourth-order valence-electron chi connectivity index (χ4n) is 1.52. The molecule has 0 spiro atoms. The van der Waals surface area contributed by atoms with Gasteiger partial charge in [0.2, 0.25) is 0 Å². The third-order valence-electron chi connectivity index (χ3n) is 2.54. The van der Waals surface area contributed by atoms with Crippen LogP contribution in [0.3, 0.4) is 0 Å². The van der Waals surface area contributed by atoms with Crippen molar-refractivity contribution in [3.8, 4) is 0 Å². The van der Waals surface area contributed by atoms with E-state index in [0.29, 0.717) is 0 Å². The first kappa shape index (κ1) is 13.7. The van der Waals surface area contributed by atoms with E-state index in [4.69, 9.17) is 5.73 Å². The molecule has 0 bridgehead atoms. The van der Waals surface area contributed by atoms with Crippen LogP contribution in [-0.4, -0.2) is 37.3 Å². The zero-order chi connectivity index (χ0) is 11.4. The van der Waals surface area contributed by atoms with Crippen LogP contribution >= 0.6 is 0 Å². The van der Waals surface area contributed by atoms with E-state index in [2.05, 4.69) is 0 Å². The maximum atomic E-state index is 12.1. The van der Waals surface area contributed by atoms with Gasteiger partial charge in [0, 0.05) is 12.6 Å². The second-order valence-electron chi connectivity index (χ2n) is 3.72. The van der Waals surface area contributed by atoms with E-state index in [0.717, 1.165) is 6.42 Å². The summed E-state index contributed by atoms with van der Waals surface area (Å²) >= 11 is 0. The Morgan fingerprint density at radius 1 is 1.36 bits per heavy atom. The number of hydrogen-bond acceptors (Lipinski definition) is 2. The summed E-state index contributed by atoms with van der Waals surface area (Å²) in [6.45, 7) is 3.25. The van der Waals surface area contributed by atoms with Gasteiger partial charge >= 0.3 is 6.18 Å². The van der Waals surface area contributed by atoms with Gasteiger partial charge in [-0.2, -0.15) is 13.2 Å². The molecule has 0 saturated heterocycles. The number of alkyl halides is 3. The minimum Gasteiger partial charge on any atom is -0.329 e. The van der Waals surface area contributed by atoms with Crippen LogP contribution in [0.4, 0.5) is 13.2 Å². The summed E-state index contributed by atoms with van der Waals surface area (Å²) in [6.07, 6.45) is -3.31. The number of rotatable bonds is 5. The fraction of sp³-hybridized carbons (Fsp3) is 1.00. The molecule has 86 valence electrons. The third-order valence-corrected chi connectivity index (χ3v) is 2.54. The van der Waals surface area contributed by atoms with Gasteiger partial charge in [-0.05, 0) is 13.0 Å². The molecule has 0 aromatic carbocycles. The summed E-state index contributed by atoms with van der Waals surface area (Å²) < 4.78 is 36.3. The standard InChI is InChI=1S/C9H19F3N2/c1-4-7(2)8(5-13)14(3)6-9(10,11)12/h7-8H,4-6,13H2,1-3H3. The molecule has 0 radical (unpaired) electrons. The van der Waals surface area contributed by atoms with E-state index in [9.17, 15) is 13.2 Å². The predicted octanol–water partition coefficient (Wildman–Crippen LogP) is 1.85. The first-order valence-electron chi connectivity index (χ1n) is 4.78. The summed E-state index contributed by atoms with van der Waals surface area (Å²) in [5, 5.41) is 0. The molecule has 0 aromatic rings. The van der Waals surface area contributed by atoms with Gasteiger partial charge in [0.25, 0.3) is 0 Å². The van der Waals surface area contributed by atoms with Gasteiger partial charge < -0.3 is 5.73 Å². The highest BCUT2D eigenvalue weighted by atomic mass is 19.4. The Morgan fingerprint density at radius 2 is 1.86 bits per heavy atom. The van der Waals surface area contributed by atoms with Crippen molar-refractivity contribution in [3.05, 3.63) is 0 Å². The lowest BCUT2D eigenvalue weighted by atomic mass is 9.98. The van der Waals surface area contributed by atoms with Gasteiger partial charge in [-0.25, -0.2) is 0 Å². The normalized spacial score (nSPS) is 17.1. The van der Waals surface area contributed by atoms with E-state index in [1.54, 1.807) is 0 Å². The summed E-state index contributed by atoms with van der Waals surface area (Å²) in [5.74, 6) is 0.187. The highest BCUT2D eigenvalue weighted by Gasteiger charge is 2.32. The summed E-state index contributed by atoms with van der Waals surface area (Å²) in [6, 6.07) is -0.193. The highest BCUT2D eigenvalue weighted by molar-refractivity contribution is 4.76. The molecule has 5 heteroatoms. The Balaban J connectivity index is 4.24. The van der Waals surface area contributed by atoms with E-state index in [1.165, 1.54) is 11.9 Å². The summed E-state index contributed by atoms with van der Waals surface area (Å²) in [5.41, 5.74) is 5.46.